The van der Waals surface area contributed by atoms with E-state index in [-0.39, 0.29) is 0 Å². The van der Waals surface area contributed by atoms with Crippen LogP contribution in [-0.4, -0.2) is 22.7 Å². The van der Waals surface area contributed by atoms with Crippen LogP contribution in [0.25, 0.3) is 5.69 Å². The maximum Gasteiger partial charge on any atom is 0.251 e. The Morgan fingerprint density at radius 3 is 2.94 bits per heavy atom. The minimum Gasteiger partial charge on any atom is -0.366 e. The van der Waals surface area contributed by atoms with Gasteiger partial charge in [0.1, 0.15) is 0 Å². The van der Waals surface area contributed by atoms with E-state index in [0.717, 1.165) is 11.3 Å². The van der Waals surface area contributed by atoms with Gasteiger partial charge in [0.15, 0.2) is 0 Å². The minimum absolute atomic E-state index is 0.366. The van der Waals surface area contributed by atoms with Crippen LogP contribution in [0.5, 0.6) is 0 Å². The third-order valence-corrected chi connectivity index (χ3v) is 2.76. The number of nitrogens with two attached hydrogens (primary N) is 1. The number of nitrogens with one attached hydrogen (secondary N) is 1. The fourth-order valence-electron chi connectivity index (χ4n) is 1.67. The van der Waals surface area contributed by atoms with Crippen molar-refractivity contribution in [2.75, 3.05) is 7.05 Å². The molecule has 1 aromatic carbocycles. The van der Waals surface area contributed by atoms with Gasteiger partial charge >= 0.3 is 0 Å². The Balaban J connectivity index is 2.47. The van der Waals surface area contributed by atoms with Gasteiger partial charge in [-0.3, -0.25) is 4.79 Å². The Morgan fingerprint density at radius 2 is 2.33 bits per heavy atom. The zero-order valence-electron chi connectivity index (χ0n) is 9.85. The number of carbonyl (C=O) groups is 1. The molecule has 2 rings (SSSR count). The highest BCUT2D eigenvalue weighted by molar-refractivity contribution is 6.30. The lowest BCUT2D eigenvalue weighted by Gasteiger charge is -2.09. The van der Waals surface area contributed by atoms with Crippen LogP contribution in [0.15, 0.2) is 30.6 Å². The van der Waals surface area contributed by atoms with Gasteiger partial charge in [0.2, 0.25) is 0 Å². The summed E-state index contributed by atoms with van der Waals surface area (Å²) >= 11 is 5.98. The molecule has 3 N–H and O–H groups in total. The molecule has 2 aromatic rings. The normalized spacial score (nSPS) is 10.6. The van der Waals surface area contributed by atoms with E-state index in [0.29, 0.717) is 17.1 Å². The first-order valence-corrected chi connectivity index (χ1v) is 5.77. The van der Waals surface area contributed by atoms with Gasteiger partial charge in [-0.15, -0.1) is 0 Å². The van der Waals surface area contributed by atoms with Gasteiger partial charge in [-0.1, -0.05) is 17.7 Å². The molecule has 1 amide bonds. The molecule has 0 spiro atoms. The maximum atomic E-state index is 11.1. The van der Waals surface area contributed by atoms with Crippen molar-refractivity contribution >= 4 is 17.5 Å². The van der Waals surface area contributed by atoms with Gasteiger partial charge in [-0.25, -0.2) is 4.68 Å². The fraction of sp³-hybridized carbons (Fsp3) is 0.167. The number of rotatable bonds is 4. The summed E-state index contributed by atoms with van der Waals surface area (Å²) in [6.45, 7) is 0.679. The predicted molar refractivity (Wildman–Crippen MR) is 69.9 cm³/mol. The summed E-state index contributed by atoms with van der Waals surface area (Å²) in [5, 5.41) is 7.80. The summed E-state index contributed by atoms with van der Waals surface area (Å²) in [6.07, 6.45) is 3.03. The lowest BCUT2D eigenvalue weighted by atomic mass is 10.2. The van der Waals surface area contributed by atoms with Gasteiger partial charge in [0.05, 0.1) is 17.4 Å². The van der Waals surface area contributed by atoms with Gasteiger partial charge in [-0.05, 0) is 24.7 Å². The highest BCUT2D eigenvalue weighted by Gasteiger charge is 2.09. The van der Waals surface area contributed by atoms with Gasteiger partial charge < -0.3 is 11.1 Å². The van der Waals surface area contributed by atoms with E-state index in [1.165, 1.54) is 6.20 Å². The third-order valence-electron chi connectivity index (χ3n) is 2.53. The minimum atomic E-state index is -0.501. The predicted octanol–water partition coefficient (Wildman–Crippen LogP) is 1.34. The largest absolute Gasteiger partial charge is 0.366 e. The number of benzene rings is 1. The van der Waals surface area contributed by atoms with Crippen LogP contribution in [0.2, 0.25) is 5.02 Å². The zero-order chi connectivity index (χ0) is 13.1. The molecule has 0 aliphatic carbocycles. The monoisotopic (exact) mass is 264 g/mol. The summed E-state index contributed by atoms with van der Waals surface area (Å²) in [5.41, 5.74) is 7.42. The Bertz CT molecular complexity index is 579. The van der Waals surface area contributed by atoms with E-state index in [4.69, 9.17) is 17.3 Å². The van der Waals surface area contributed by atoms with Crippen LogP contribution in [0.3, 0.4) is 0 Å². The van der Waals surface area contributed by atoms with E-state index < -0.39 is 5.91 Å². The maximum absolute atomic E-state index is 11.1. The molecule has 0 unspecified atom stereocenters. The first-order chi connectivity index (χ1) is 8.61. The third kappa shape index (κ3) is 2.52. The van der Waals surface area contributed by atoms with Crippen molar-refractivity contribution in [3.8, 4) is 5.69 Å². The summed E-state index contributed by atoms with van der Waals surface area (Å²) < 4.78 is 1.60. The Labute approximate surface area is 110 Å². The average Bonchev–Trinajstić information content (AvgIpc) is 2.81. The molecule has 0 bridgehead atoms. The van der Waals surface area contributed by atoms with Crippen molar-refractivity contribution in [3.63, 3.8) is 0 Å². The first-order valence-electron chi connectivity index (χ1n) is 5.39. The molecule has 18 heavy (non-hydrogen) atoms. The second kappa shape index (κ2) is 5.20. The highest BCUT2D eigenvalue weighted by atomic mass is 35.5. The van der Waals surface area contributed by atoms with Gasteiger partial charge in [0.25, 0.3) is 5.91 Å². The van der Waals surface area contributed by atoms with Gasteiger partial charge in [-0.2, -0.15) is 5.10 Å². The molecule has 0 aliphatic rings. The molecule has 0 radical (unpaired) electrons. The Kier molecular flexibility index (Phi) is 3.64. The van der Waals surface area contributed by atoms with Crippen LogP contribution in [0.1, 0.15) is 15.9 Å². The smallest absolute Gasteiger partial charge is 0.251 e. The van der Waals surface area contributed by atoms with Gasteiger partial charge in [0, 0.05) is 17.8 Å². The molecule has 1 aromatic heterocycles. The van der Waals surface area contributed by atoms with Crippen LogP contribution in [0.4, 0.5) is 0 Å². The summed E-state index contributed by atoms with van der Waals surface area (Å²) in [6, 6.07) is 5.53. The molecule has 0 aliphatic heterocycles. The van der Waals surface area contributed by atoms with Crippen LogP contribution in [-0.2, 0) is 6.54 Å². The lowest BCUT2D eigenvalue weighted by molar-refractivity contribution is 0.100. The van der Waals surface area contributed by atoms with Crippen LogP contribution >= 0.6 is 11.6 Å². The second-order valence-electron chi connectivity index (χ2n) is 3.84. The molecule has 94 valence electrons. The van der Waals surface area contributed by atoms with E-state index in [2.05, 4.69) is 10.4 Å². The molecular formula is C12H13ClN4O. The zero-order valence-corrected chi connectivity index (χ0v) is 10.6. The second-order valence-corrected chi connectivity index (χ2v) is 4.28. The molecule has 5 nitrogen and oxygen atoms in total. The number of hydrogen-bond donors (Lipinski definition) is 2. The molecule has 0 fully saturated rings. The SMILES string of the molecule is CNCc1ccc(Cl)cc1-n1cc(C(N)=O)cn1. The van der Waals surface area contributed by atoms with E-state index in [9.17, 15) is 4.79 Å². The van der Waals surface area contributed by atoms with E-state index in [1.54, 1.807) is 16.9 Å². The number of halogens is 1. The Hall–Kier alpha value is -1.85. The number of carbonyl (C=O) groups excluding carboxylic acids is 1. The summed E-state index contributed by atoms with van der Waals surface area (Å²) in [7, 11) is 1.86. The molecular weight excluding hydrogens is 252 g/mol. The molecule has 0 saturated heterocycles. The van der Waals surface area contributed by atoms with E-state index in [1.807, 2.05) is 19.2 Å². The topological polar surface area (TPSA) is 72.9 Å². The number of nitrogens with zero attached hydrogens (tertiary/aromatic N) is 2. The van der Waals surface area contributed by atoms with Crippen molar-refractivity contribution < 1.29 is 4.79 Å². The standard InChI is InChI=1S/C12H13ClN4O/c1-15-5-8-2-3-10(13)4-11(8)17-7-9(6-16-17)12(14)18/h2-4,6-7,15H,5H2,1H3,(H2,14,18). The summed E-state index contributed by atoms with van der Waals surface area (Å²) in [5.74, 6) is -0.501. The molecule has 0 atom stereocenters. The van der Waals surface area contributed by atoms with Crippen molar-refractivity contribution in [2.24, 2.45) is 5.73 Å². The number of primary amides is 1. The average molecular weight is 265 g/mol. The molecule has 6 heteroatoms. The van der Waals surface area contributed by atoms with Crippen molar-refractivity contribution in [1.29, 1.82) is 0 Å². The first kappa shape index (κ1) is 12.6. The van der Waals surface area contributed by atoms with Crippen LogP contribution < -0.4 is 11.1 Å². The molecule has 1 heterocycles. The van der Waals surface area contributed by atoms with Crippen molar-refractivity contribution in [1.82, 2.24) is 15.1 Å². The number of aromatic nitrogens is 2. The Morgan fingerprint density at radius 1 is 1.56 bits per heavy atom. The van der Waals surface area contributed by atoms with E-state index >= 15 is 0 Å². The number of hydrogen-bond acceptors (Lipinski definition) is 3. The fourth-order valence-corrected chi connectivity index (χ4v) is 1.84. The molecule has 0 saturated carbocycles. The lowest BCUT2D eigenvalue weighted by Crippen LogP contribution is -2.10. The highest BCUT2D eigenvalue weighted by Crippen LogP contribution is 2.20. The quantitative estimate of drug-likeness (QED) is 0.875. The van der Waals surface area contributed by atoms with Crippen molar-refractivity contribution in [2.45, 2.75) is 6.54 Å². The number of amides is 1. The van der Waals surface area contributed by atoms with Crippen LogP contribution in [0, 0.1) is 0 Å². The summed E-state index contributed by atoms with van der Waals surface area (Å²) in [4.78, 5) is 11.1. The van der Waals surface area contributed by atoms with Crippen molar-refractivity contribution in [3.05, 3.63) is 46.7 Å².